The van der Waals surface area contributed by atoms with Crippen molar-refractivity contribution in [3.63, 3.8) is 0 Å². The molecular formula is C18H21FN2O3. The van der Waals surface area contributed by atoms with Crippen molar-refractivity contribution in [2.75, 3.05) is 37.7 Å². The van der Waals surface area contributed by atoms with Gasteiger partial charge in [0, 0.05) is 31.3 Å². The zero-order valence-electron chi connectivity index (χ0n) is 13.9. The first kappa shape index (κ1) is 16.6. The molecule has 128 valence electrons. The summed E-state index contributed by atoms with van der Waals surface area (Å²) in [6.07, 6.45) is 1.34. The fourth-order valence-corrected chi connectivity index (χ4v) is 3.05. The van der Waals surface area contributed by atoms with Gasteiger partial charge in [-0.25, -0.2) is 4.39 Å². The summed E-state index contributed by atoms with van der Waals surface area (Å²) in [6.45, 7) is 6.34. The van der Waals surface area contributed by atoms with Gasteiger partial charge in [0.15, 0.2) is 0 Å². The van der Waals surface area contributed by atoms with Crippen molar-refractivity contribution in [2.24, 2.45) is 5.92 Å². The Kier molecular flexibility index (Phi) is 4.66. The minimum Gasteiger partial charge on any atom is -0.378 e. The van der Waals surface area contributed by atoms with E-state index in [1.165, 1.54) is 17.0 Å². The zero-order chi connectivity index (χ0) is 17.3. The van der Waals surface area contributed by atoms with Gasteiger partial charge >= 0.3 is 0 Å². The zero-order valence-corrected chi connectivity index (χ0v) is 13.9. The van der Waals surface area contributed by atoms with E-state index in [0.717, 1.165) is 0 Å². The molecule has 5 nitrogen and oxygen atoms in total. The minimum absolute atomic E-state index is 0.190. The largest absolute Gasteiger partial charge is 0.378 e. The highest BCUT2D eigenvalue weighted by molar-refractivity contribution is 6.34. The number of ether oxygens (including phenoxy) is 1. The van der Waals surface area contributed by atoms with Gasteiger partial charge < -0.3 is 14.5 Å². The van der Waals surface area contributed by atoms with Crippen molar-refractivity contribution in [3.8, 4) is 0 Å². The van der Waals surface area contributed by atoms with E-state index in [-0.39, 0.29) is 29.0 Å². The number of amides is 2. The number of carbonyl (C=O) groups excluding carboxylic acids is 2. The van der Waals surface area contributed by atoms with Crippen molar-refractivity contribution in [3.05, 3.63) is 35.7 Å². The Bertz CT molecular complexity index is 694. The van der Waals surface area contributed by atoms with E-state index in [0.29, 0.717) is 38.4 Å². The molecular weight excluding hydrogens is 311 g/mol. The lowest BCUT2D eigenvalue weighted by molar-refractivity contribution is -0.130. The number of benzene rings is 1. The van der Waals surface area contributed by atoms with E-state index >= 15 is 0 Å². The van der Waals surface area contributed by atoms with Gasteiger partial charge in [0.25, 0.3) is 5.91 Å². The molecule has 1 aromatic rings. The second-order valence-corrected chi connectivity index (χ2v) is 6.44. The molecule has 6 heteroatoms. The average molecular weight is 332 g/mol. The molecule has 0 spiro atoms. The first-order chi connectivity index (χ1) is 11.5. The maximum absolute atomic E-state index is 14.3. The van der Waals surface area contributed by atoms with Crippen molar-refractivity contribution >= 4 is 23.1 Å². The van der Waals surface area contributed by atoms with Crippen LogP contribution in [0.3, 0.4) is 0 Å². The van der Waals surface area contributed by atoms with Gasteiger partial charge in [-0.1, -0.05) is 26.0 Å². The second kappa shape index (κ2) is 6.73. The molecule has 0 aromatic heterocycles. The summed E-state index contributed by atoms with van der Waals surface area (Å²) in [5.41, 5.74) is 1.03. The van der Waals surface area contributed by atoms with Crippen LogP contribution in [-0.4, -0.2) is 49.6 Å². The maximum Gasteiger partial charge on any atom is 0.259 e. The molecule has 0 unspecified atom stereocenters. The second-order valence-electron chi connectivity index (χ2n) is 6.44. The van der Waals surface area contributed by atoms with Crippen LogP contribution in [0.4, 0.5) is 10.1 Å². The highest BCUT2D eigenvalue weighted by Crippen LogP contribution is 2.39. The number of anilines is 1. The average Bonchev–Trinajstić information content (AvgIpc) is 2.82. The van der Waals surface area contributed by atoms with Crippen LogP contribution in [0, 0.1) is 11.7 Å². The third-order valence-corrected chi connectivity index (χ3v) is 4.16. The summed E-state index contributed by atoms with van der Waals surface area (Å²) in [7, 11) is 0. The molecule has 24 heavy (non-hydrogen) atoms. The molecule has 0 aliphatic carbocycles. The summed E-state index contributed by atoms with van der Waals surface area (Å²) in [5, 5.41) is 0. The number of hydrogen-bond donors (Lipinski definition) is 0. The van der Waals surface area contributed by atoms with Crippen LogP contribution in [0.5, 0.6) is 0 Å². The van der Waals surface area contributed by atoms with Crippen LogP contribution < -0.4 is 4.90 Å². The number of hydrogen-bond acceptors (Lipinski definition) is 3. The topological polar surface area (TPSA) is 49.9 Å². The molecule has 3 rings (SSSR count). The van der Waals surface area contributed by atoms with Crippen molar-refractivity contribution in [1.29, 1.82) is 0 Å². The van der Waals surface area contributed by atoms with Gasteiger partial charge in [0.1, 0.15) is 5.82 Å². The van der Waals surface area contributed by atoms with E-state index < -0.39 is 5.82 Å². The number of halogens is 1. The Morgan fingerprint density at radius 2 is 2.04 bits per heavy atom. The number of carbonyl (C=O) groups is 2. The monoisotopic (exact) mass is 332 g/mol. The molecule has 1 fully saturated rings. The van der Waals surface area contributed by atoms with E-state index in [4.69, 9.17) is 4.74 Å². The summed E-state index contributed by atoms with van der Waals surface area (Å²) in [6, 6.07) is 4.59. The molecule has 0 atom stereocenters. The quantitative estimate of drug-likeness (QED) is 0.796. The van der Waals surface area contributed by atoms with Gasteiger partial charge in [-0.2, -0.15) is 0 Å². The van der Waals surface area contributed by atoms with E-state index in [2.05, 4.69) is 0 Å². The molecule has 2 aliphatic rings. The Labute approximate surface area is 140 Å². The molecule has 2 amide bonds. The van der Waals surface area contributed by atoms with Gasteiger partial charge in [0.05, 0.1) is 24.5 Å². The van der Waals surface area contributed by atoms with Gasteiger partial charge in [0.2, 0.25) is 5.91 Å². The molecule has 1 aromatic carbocycles. The minimum atomic E-state index is -0.441. The molecule has 0 bridgehead atoms. The van der Waals surface area contributed by atoms with Crippen LogP contribution >= 0.6 is 0 Å². The van der Waals surface area contributed by atoms with E-state index in [9.17, 15) is 14.0 Å². The van der Waals surface area contributed by atoms with Crippen LogP contribution in [0.25, 0.3) is 5.57 Å². The van der Waals surface area contributed by atoms with Crippen LogP contribution in [0.15, 0.2) is 24.3 Å². The molecule has 2 heterocycles. The van der Waals surface area contributed by atoms with Crippen LogP contribution in [-0.2, 0) is 14.3 Å². The summed E-state index contributed by atoms with van der Waals surface area (Å²) < 4.78 is 19.5. The van der Waals surface area contributed by atoms with Gasteiger partial charge in [-0.15, -0.1) is 0 Å². The molecule has 2 aliphatic heterocycles. The first-order valence-corrected chi connectivity index (χ1v) is 8.18. The standard InChI is InChI=1S/C18H21FN2O3/c1-12(2)11-21-17-13(4-3-5-15(17)19)14(18(21)23)10-16(22)20-6-8-24-9-7-20/h3-5,10,12H,6-9,11H2,1-2H3/b14-10+. The van der Waals surface area contributed by atoms with Gasteiger partial charge in [-0.05, 0) is 12.0 Å². The van der Waals surface area contributed by atoms with Crippen molar-refractivity contribution in [1.82, 2.24) is 4.90 Å². The van der Waals surface area contributed by atoms with Gasteiger partial charge in [-0.3, -0.25) is 9.59 Å². The first-order valence-electron chi connectivity index (χ1n) is 8.18. The predicted octanol–water partition coefficient (Wildman–Crippen LogP) is 2.07. The lowest BCUT2D eigenvalue weighted by Crippen LogP contribution is -2.40. The van der Waals surface area contributed by atoms with Crippen molar-refractivity contribution < 1.29 is 18.7 Å². The molecule has 0 saturated carbocycles. The number of nitrogens with zero attached hydrogens (tertiary/aromatic N) is 2. The predicted molar refractivity (Wildman–Crippen MR) is 89.0 cm³/mol. The van der Waals surface area contributed by atoms with Crippen molar-refractivity contribution in [2.45, 2.75) is 13.8 Å². The third-order valence-electron chi connectivity index (χ3n) is 4.16. The number of para-hydroxylation sites is 1. The van der Waals surface area contributed by atoms with Crippen LogP contribution in [0.2, 0.25) is 0 Å². The Morgan fingerprint density at radius 3 is 2.71 bits per heavy atom. The van der Waals surface area contributed by atoms with Crippen LogP contribution in [0.1, 0.15) is 19.4 Å². The highest BCUT2D eigenvalue weighted by Gasteiger charge is 2.35. The Balaban J connectivity index is 1.96. The summed E-state index contributed by atoms with van der Waals surface area (Å²) >= 11 is 0. The number of rotatable bonds is 3. The highest BCUT2D eigenvalue weighted by atomic mass is 19.1. The normalized spacial score (nSPS) is 19.3. The number of fused-ring (bicyclic) bond motifs is 1. The summed E-state index contributed by atoms with van der Waals surface area (Å²) in [4.78, 5) is 28.3. The molecule has 1 saturated heterocycles. The van der Waals surface area contributed by atoms with E-state index in [1.807, 2.05) is 13.8 Å². The summed E-state index contributed by atoms with van der Waals surface area (Å²) in [5.74, 6) is -0.798. The lowest BCUT2D eigenvalue weighted by Gasteiger charge is -2.25. The molecule has 0 radical (unpaired) electrons. The molecule has 0 N–H and O–H groups in total. The Hall–Kier alpha value is -2.21. The maximum atomic E-state index is 14.3. The third kappa shape index (κ3) is 3.06. The number of morpholine rings is 1. The fourth-order valence-electron chi connectivity index (χ4n) is 3.05. The Morgan fingerprint density at radius 1 is 1.33 bits per heavy atom. The smallest absolute Gasteiger partial charge is 0.259 e. The fraction of sp³-hybridized carbons (Fsp3) is 0.444. The lowest BCUT2D eigenvalue weighted by atomic mass is 10.1. The SMILES string of the molecule is CC(C)CN1C(=O)/C(=C/C(=O)N2CCOCC2)c2cccc(F)c21. The van der Waals surface area contributed by atoms with E-state index in [1.54, 1.807) is 17.0 Å².